The van der Waals surface area contributed by atoms with Crippen LogP contribution in [0.1, 0.15) is 24.4 Å². The number of hydrogen-bond donors (Lipinski definition) is 1. The van der Waals surface area contributed by atoms with Crippen LogP contribution in [-0.4, -0.2) is 53.1 Å². The Kier molecular flexibility index (Phi) is 6.40. The van der Waals surface area contributed by atoms with Gasteiger partial charge in [-0.25, -0.2) is 4.79 Å². The molecule has 1 amide bonds. The molecule has 4 rings (SSSR count). The number of carbonyl (C=O) groups is 1. The summed E-state index contributed by atoms with van der Waals surface area (Å²) in [6.07, 6.45) is -3.55. The SMILES string of the molecule is O=C1OCC(c2ccccc2)N1C1CCN(C(=S)Nc2ccc(OC(F)(F)F)cc2)CC1. The van der Waals surface area contributed by atoms with Gasteiger partial charge in [0.15, 0.2) is 5.11 Å². The van der Waals surface area contributed by atoms with Crippen LogP contribution in [-0.2, 0) is 4.74 Å². The van der Waals surface area contributed by atoms with Crippen molar-refractivity contribution in [3.63, 3.8) is 0 Å². The molecule has 1 atom stereocenters. The highest BCUT2D eigenvalue weighted by Gasteiger charge is 2.40. The van der Waals surface area contributed by atoms with Crippen LogP contribution in [0.3, 0.4) is 0 Å². The number of ether oxygens (including phenoxy) is 2. The summed E-state index contributed by atoms with van der Waals surface area (Å²) in [5.41, 5.74) is 1.62. The number of halogens is 3. The second kappa shape index (κ2) is 9.23. The molecule has 6 nitrogen and oxygen atoms in total. The summed E-state index contributed by atoms with van der Waals surface area (Å²) >= 11 is 5.47. The van der Waals surface area contributed by atoms with E-state index in [-0.39, 0.29) is 23.9 Å². The first-order valence-electron chi connectivity index (χ1n) is 10.2. The van der Waals surface area contributed by atoms with Gasteiger partial charge in [-0.05, 0) is 54.9 Å². The number of likely N-dealkylation sites (tertiary alicyclic amines) is 1. The van der Waals surface area contributed by atoms with Crippen LogP contribution in [0.2, 0.25) is 0 Å². The molecule has 170 valence electrons. The second-order valence-electron chi connectivity index (χ2n) is 7.63. The maximum Gasteiger partial charge on any atom is 0.573 e. The van der Waals surface area contributed by atoms with Crippen LogP contribution < -0.4 is 10.1 Å². The molecule has 0 saturated carbocycles. The van der Waals surface area contributed by atoms with Crippen molar-refractivity contribution in [1.82, 2.24) is 9.80 Å². The average Bonchev–Trinajstić information content (AvgIpc) is 3.16. The van der Waals surface area contributed by atoms with Gasteiger partial charge >= 0.3 is 12.5 Å². The quantitative estimate of drug-likeness (QED) is 0.646. The Hall–Kier alpha value is -3.01. The Labute approximate surface area is 188 Å². The number of nitrogens with zero attached hydrogens (tertiary/aromatic N) is 2. The number of piperidine rings is 1. The first-order chi connectivity index (χ1) is 15.3. The maximum absolute atomic E-state index is 12.4. The Bertz CT molecular complexity index is 948. The number of cyclic esters (lactones) is 1. The van der Waals surface area contributed by atoms with Gasteiger partial charge in [0.2, 0.25) is 0 Å². The van der Waals surface area contributed by atoms with E-state index in [1.165, 1.54) is 24.3 Å². The van der Waals surface area contributed by atoms with Crippen molar-refractivity contribution in [3.8, 4) is 5.75 Å². The molecule has 0 aromatic heterocycles. The predicted octanol–water partition coefficient (Wildman–Crippen LogP) is 4.94. The minimum atomic E-state index is -4.73. The largest absolute Gasteiger partial charge is 0.573 e. The lowest BCUT2D eigenvalue weighted by atomic mass is 9.99. The number of anilines is 1. The van der Waals surface area contributed by atoms with Crippen molar-refractivity contribution in [2.24, 2.45) is 0 Å². The number of amides is 1. The zero-order chi connectivity index (χ0) is 22.7. The topological polar surface area (TPSA) is 54.0 Å². The lowest BCUT2D eigenvalue weighted by Crippen LogP contribution is -2.48. The number of rotatable bonds is 4. The average molecular weight is 465 g/mol. The normalized spacial score (nSPS) is 19.6. The maximum atomic E-state index is 12.4. The molecule has 2 aromatic carbocycles. The molecule has 10 heteroatoms. The van der Waals surface area contributed by atoms with Gasteiger partial charge in [-0.1, -0.05) is 30.3 Å². The summed E-state index contributed by atoms with van der Waals surface area (Å²) in [6, 6.07) is 15.2. The zero-order valence-electron chi connectivity index (χ0n) is 17.0. The van der Waals surface area contributed by atoms with Crippen LogP contribution in [0, 0.1) is 0 Å². The molecule has 2 saturated heterocycles. The third kappa shape index (κ3) is 5.24. The van der Waals surface area contributed by atoms with Crippen LogP contribution in [0.4, 0.5) is 23.7 Å². The van der Waals surface area contributed by atoms with E-state index in [9.17, 15) is 18.0 Å². The molecule has 0 bridgehead atoms. The number of hydrogen-bond acceptors (Lipinski definition) is 4. The summed E-state index contributed by atoms with van der Waals surface area (Å²) in [5.74, 6) is -0.291. The van der Waals surface area contributed by atoms with E-state index in [0.29, 0.717) is 30.5 Å². The van der Waals surface area contributed by atoms with Crippen molar-refractivity contribution in [1.29, 1.82) is 0 Å². The molecule has 32 heavy (non-hydrogen) atoms. The van der Waals surface area contributed by atoms with Gasteiger partial charge in [-0.15, -0.1) is 13.2 Å². The Morgan fingerprint density at radius 1 is 1.06 bits per heavy atom. The summed E-state index contributed by atoms with van der Waals surface area (Å²) in [7, 11) is 0. The van der Waals surface area contributed by atoms with E-state index in [4.69, 9.17) is 17.0 Å². The number of benzene rings is 2. The summed E-state index contributed by atoms with van der Waals surface area (Å²) in [4.78, 5) is 16.2. The van der Waals surface area contributed by atoms with E-state index >= 15 is 0 Å². The molecule has 2 fully saturated rings. The standard InChI is InChI=1S/C22H22F3N3O3S/c23-22(24,25)31-18-8-6-16(7-9-18)26-20(32)27-12-10-17(11-13-27)28-19(14-30-21(28)29)15-4-2-1-3-5-15/h1-9,17,19H,10-14H2,(H,26,32). The minimum Gasteiger partial charge on any atom is -0.447 e. The summed E-state index contributed by atoms with van der Waals surface area (Å²) in [5, 5.41) is 3.53. The monoisotopic (exact) mass is 465 g/mol. The van der Waals surface area contributed by atoms with E-state index < -0.39 is 6.36 Å². The van der Waals surface area contributed by atoms with E-state index in [1.54, 1.807) is 0 Å². The van der Waals surface area contributed by atoms with E-state index in [1.807, 2.05) is 40.1 Å². The van der Waals surface area contributed by atoms with Gasteiger partial charge in [-0.2, -0.15) is 0 Å². The summed E-state index contributed by atoms with van der Waals surface area (Å²) < 4.78 is 46.1. The molecule has 0 spiro atoms. The van der Waals surface area contributed by atoms with Crippen LogP contribution >= 0.6 is 12.2 Å². The van der Waals surface area contributed by atoms with Crippen LogP contribution in [0.25, 0.3) is 0 Å². The predicted molar refractivity (Wildman–Crippen MR) is 116 cm³/mol. The smallest absolute Gasteiger partial charge is 0.447 e. The summed E-state index contributed by atoms with van der Waals surface area (Å²) in [6.45, 7) is 1.64. The second-order valence-corrected chi connectivity index (χ2v) is 8.02. The Morgan fingerprint density at radius 2 is 1.72 bits per heavy atom. The molecule has 2 aliphatic heterocycles. The van der Waals surface area contributed by atoms with Crippen LogP contribution in [0.15, 0.2) is 54.6 Å². The fourth-order valence-corrected chi connectivity index (χ4v) is 4.36. The van der Waals surface area contributed by atoms with E-state index in [0.717, 1.165) is 18.4 Å². The molecule has 0 radical (unpaired) electrons. The highest BCUT2D eigenvalue weighted by molar-refractivity contribution is 7.80. The first-order valence-corrected chi connectivity index (χ1v) is 10.6. The number of carbonyl (C=O) groups excluding carboxylic acids is 1. The first kappa shape index (κ1) is 22.2. The Morgan fingerprint density at radius 3 is 2.34 bits per heavy atom. The van der Waals surface area contributed by atoms with Crippen molar-refractivity contribution in [3.05, 3.63) is 60.2 Å². The van der Waals surface area contributed by atoms with Crippen molar-refractivity contribution >= 4 is 29.1 Å². The number of thiocarbonyl (C=S) groups is 1. The number of alkyl halides is 3. The van der Waals surface area contributed by atoms with Crippen molar-refractivity contribution in [2.75, 3.05) is 25.0 Å². The third-order valence-electron chi connectivity index (χ3n) is 5.58. The number of nitrogens with one attached hydrogen (secondary N) is 1. The molecule has 2 aromatic rings. The van der Waals surface area contributed by atoms with Gasteiger partial charge in [0, 0.05) is 24.8 Å². The zero-order valence-corrected chi connectivity index (χ0v) is 17.9. The molecule has 2 aliphatic rings. The molecule has 2 heterocycles. The highest BCUT2D eigenvalue weighted by atomic mass is 32.1. The fourth-order valence-electron chi connectivity index (χ4n) is 4.06. The molecule has 0 aliphatic carbocycles. The van der Waals surface area contributed by atoms with E-state index in [2.05, 4.69) is 10.1 Å². The highest BCUT2D eigenvalue weighted by Crippen LogP contribution is 2.33. The lowest BCUT2D eigenvalue weighted by molar-refractivity contribution is -0.274. The molecule has 1 unspecified atom stereocenters. The molecular formula is C22H22F3N3O3S. The van der Waals surface area contributed by atoms with Gasteiger partial charge in [0.25, 0.3) is 0 Å². The van der Waals surface area contributed by atoms with Crippen LogP contribution in [0.5, 0.6) is 5.75 Å². The van der Waals surface area contributed by atoms with Crippen molar-refractivity contribution < 1.29 is 27.4 Å². The third-order valence-corrected chi connectivity index (χ3v) is 5.94. The lowest BCUT2D eigenvalue weighted by Gasteiger charge is -2.38. The van der Waals surface area contributed by atoms with Gasteiger partial charge < -0.3 is 19.7 Å². The van der Waals surface area contributed by atoms with Gasteiger partial charge in [-0.3, -0.25) is 4.90 Å². The van der Waals surface area contributed by atoms with Crippen molar-refractivity contribution in [2.45, 2.75) is 31.3 Å². The molecule has 1 N–H and O–H groups in total. The fraction of sp³-hybridized carbons (Fsp3) is 0.364. The Balaban J connectivity index is 1.32. The van der Waals surface area contributed by atoms with Gasteiger partial charge in [0.05, 0.1) is 6.04 Å². The molecular weight excluding hydrogens is 443 g/mol. The van der Waals surface area contributed by atoms with Gasteiger partial charge in [0.1, 0.15) is 12.4 Å². The minimum absolute atomic E-state index is 0.0491.